The molecule has 8 nitrogen and oxygen atoms in total. The zero-order chi connectivity index (χ0) is 29.5. The highest BCUT2D eigenvalue weighted by Crippen LogP contribution is 2.39. The predicted molar refractivity (Wildman–Crippen MR) is 161 cm³/mol. The van der Waals surface area contributed by atoms with Crippen LogP contribution in [0.4, 0.5) is 5.00 Å². The third kappa shape index (κ3) is 8.38. The molecule has 4 rings (SSSR count). The SMILES string of the molecule is Cc1cc(Cl)ccc1OCC(=O)Nc1sc2c(c1C(=O)NCCOC(=O)COc1ccc(Cl)cc1C)CCC(C)C2. The number of carbonyl (C=O) groups excluding carboxylic acids is 3. The van der Waals surface area contributed by atoms with E-state index in [-0.39, 0.29) is 38.2 Å². The topological polar surface area (TPSA) is 103 Å². The summed E-state index contributed by atoms with van der Waals surface area (Å²) in [5.41, 5.74) is 3.04. The fourth-order valence-electron chi connectivity index (χ4n) is 4.53. The molecule has 1 unspecified atom stereocenters. The molecule has 0 aliphatic heterocycles. The van der Waals surface area contributed by atoms with E-state index in [0.29, 0.717) is 38.0 Å². The van der Waals surface area contributed by atoms with Gasteiger partial charge in [0.25, 0.3) is 11.8 Å². The van der Waals surface area contributed by atoms with Crippen LogP contribution in [0.15, 0.2) is 36.4 Å². The minimum absolute atomic E-state index is 0.0210. The largest absolute Gasteiger partial charge is 0.483 e. The lowest BCUT2D eigenvalue weighted by atomic mass is 9.88. The van der Waals surface area contributed by atoms with Gasteiger partial charge in [0.05, 0.1) is 12.1 Å². The number of hydrogen-bond donors (Lipinski definition) is 2. The van der Waals surface area contributed by atoms with Crippen LogP contribution in [0.25, 0.3) is 0 Å². The van der Waals surface area contributed by atoms with Crippen LogP contribution in [-0.2, 0) is 27.2 Å². The zero-order valence-electron chi connectivity index (χ0n) is 23.1. The molecule has 0 fully saturated rings. The summed E-state index contributed by atoms with van der Waals surface area (Å²) in [6, 6.07) is 10.3. The Morgan fingerprint density at radius 2 is 1.61 bits per heavy atom. The minimum atomic E-state index is -0.556. The smallest absolute Gasteiger partial charge is 0.344 e. The highest BCUT2D eigenvalue weighted by atomic mass is 35.5. The van der Waals surface area contributed by atoms with Crippen LogP contribution in [0.1, 0.15) is 45.3 Å². The average Bonchev–Trinajstić information content (AvgIpc) is 3.26. The van der Waals surface area contributed by atoms with Gasteiger partial charge in [-0.2, -0.15) is 0 Å². The molecular weight excluding hydrogens is 587 g/mol. The molecule has 11 heteroatoms. The third-order valence-electron chi connectivity index (χ3n) is 6.62. The molecule has 218 valence electrons. The first-order valence-corrected chi connectivity index (χ1v) is 14.8. The first-order chi connectivity index (χ1) is 19.6. The number of thiophene rings is 1. The quantitative estimate of drug-likeness (QED) is 0.197. The van der Waals surface area contributed by atoms with Gasteiger partial charge < -0.3 is 24.8 Å². The Labute approximate surface area is 253 Å². The van der Waals surface area contributed by atoms with Gasteiger partial charge in [-0.05, 0) is 92.1 Å². The first-order valence-electron chi connectivity index (χ1n) is 13.3. The van der Waals surface area contributed by atoms with E-state index in [1.165, 1.54) is 11.3 Å². The Morgan fingerprint density at radius 1 is 0.976 bits per heavy atom. The van der Waals surface area contributed by atoms with Crippen LogP contribution < -0.4 is 20.1 Å². The Bertz CT molecular complexity index is 1440. The van der Waals surface area contributed by atoms with Crippen molar-refractivity contribution in [2.75, 3.05) is 31.7 Å². The van der Waals surface area contributed by atoms with Crippen molar-refractivity contribution in [3.63, 3.8) is 0 Å². The summed E-state index contributed by atoms with van der Waals surface area (Å²) in [7, 11) is 0. The summed E-state index contributed by atoms with van der Waals surface area (Å²) in [5.74, 6) is 0.342. The molecule has 0 saturated carbocycles. The van der Waals surface area contributed by atoms with E-state index in [4.69, 9.17) is 37.4 Å². The van der Waals surface area contributed by atoms with Crippen molar-refractivity contribution in [2.45, 2.75) is 40.0 Å². The first kappa shape index (κ1) is 30.7. The van der Waals surface area contributed by atoms with E-state index in [0.717, 1.165) is 40.8 Å². The highest BCUT2D eigenvalue weighted by molar-refractivity contribution is 7.17. The van der Waals surface area contributed by atoms with Gasteiger partial charge in [-0.15, -0.1) is 11.3 Å². The molecule has 2 amide bonds. The Morgan fingerprint density at radius 3 is 2.24 bits per heavy atom. The number of anilines is 1. The molecule has 0 radical (unpaired) electrons. The van der Waals surface area contributed by atoms with Gasteiger partial charge in [-0.25, -0.2) is 4.79 Å². The number of ether oxygens (including phenoxy) is 3. The Hall–Kier alpha value is -3.27. The standard InChI is InChI=1S/C30H32Cl2N2O6S/c1-17-4-7-22-25(12-17)41-30(34-26(35)15-39-23-8-5-20(31)13-18(23)2)28(22)29(37)33-10-11-38-27(36)16-40-24-9-6-21(32)14-19(24)3/h5-6,8-9,13-14,17H,4,7,10-12,15-16H2,1-3H3,(H,33,37)(H,34,35). The molecule has 1 aliphatic rings. The van der Waals surface area contributed by atoms with Crippen LogP contribution in [0.3, 0.4) is 0 Å². The van der Waals surface area contributed by atoms with Gasteiger partial charge in [0.15, 0.2) is 13.2 Å². The molecule has 3 aromatic rings. The van der Waals surface area contributed by atoms with Crippen LogP contribution >= 0.6 is 34.5 Å². The van der Waals surface area contributed by atoms with Crippen molar-refractivity contribution in [3.8, 4) is 11.5 Å². The number of carbonyl (C=O) groups is 3. The molecule has 1 aliphatic carbocycles. The van der Waals surface area contributed by atoms with Crippen molar-refractivity contribution in [3.05, 3.63) is 73.6 Å². The summed E-state index contributed by atoms with van der Waals surface area (Å²) in [5, 5.41) is 7.35. The summed E-state index contributed by atoms with van der Waals surface area (Å²) in [6.07, 6.45) is 2.56. The second-order valence-electron chi connectivity index (χ2n) is 9.98. The lowest BCUT2D eigenvalue weighted by Crippen LogP contribution is -2.30. The molecule has 2 aromatic carbocycles. The van der Waals surface area contributed by atoms with Gasteiger partial charge in [0, 0.05) is 14.9 Å². The molecule has 2 N–H and O–H groups in total. The van der Waals surface area contributed by atoms with E-state index < -0.39 is 5.97 Å². The fourth-order valence-corrected chi connectivity index (χ4v) is 6.41. The Kier molecular flexibility index (Phi) is 10.5. The molecule has 1 aromatic heterocycles. The molecule has 0 saturated heterocycles. The second kappa shape index (κ2) is 14.1. The number of halogens is 2. The van der Waals surface area contributed by atoms with Crippen LogP contribution in [0.2, 0.25) is 10.0 Å². The van der Waals surface area contributed by atoms with Crippen LogP contribution in [-0.4, -0.2) is 44.1 Å². The monoisotopic (exact) mass is 618 g/mol. The summed E-state index contributed by atoms with van der Waals surface area (Å²) in [4.78, 5) is 39.3. The van der Waals surface area contributed by atoms with E-state index in [1.807, 2.05) is 13.8 Å². The zero-order valence-corrected chi connectivity index (χ0v) is 25.4. The molecule has 0 spiro atoms. The van der Waals surface area contributed by atoms with Gasteiger partial charge in [-0.1, -0.05) is 30.1 Å². The van der Waals surface area contributed by atoms with Crippen molar-refractivity contribution < 1.29 is 28.6 Å². The summed E-state index contributed by atoms with van der Waals surface area (Å²) in [6.45, 7) is 5.47. The maximum Gasteiger partial charge on any atom is 0.344 e. The fraction of sp³-hybridized carbons (Fsp3) is 0.367. The second-order valence-corrected chi connectivity index (χ2v) is 12.0. The van der Waals surface area contributed by atoms with Crippen LogP contribution in [0.5, 0.6) is 11.5 Å². The predicted octanol–water partition coefficient (Wildman–Crippen LogP) is 6.17. The molecule has 41 heavy (non-hydrogen) atoms. The van der Waals surface area contributed by atoms with Gasteiger partial charge >= 0.3 is 5.97 Å². The van der Waals surface area contributed by atoms with E-state index >= 15 is 0 Å². The highest BCUT2D eigenvalue weighted by Gasteiger charge is 2.28. The lowest BCUT2D eigenvalue weighted by molar-refractivity contribution is -0.145. The number of rotatable bonds is 11. The van der Waals surface area contributed by atoms with Crippen molar-refractivity contribution in [2.24, 2.45) is 5.92 Å². The van der Waals surface area contributed by atoms with Gasteiger partial charge in [0.1, 0.15) is 23.1 Å². The number of amides is 2. The van der Waals surface area contributed by atoms with Crippen molar-refractivity contribution in [1.82, 2.24) is 5.32 Å². The van der Waals surface area contributed by atoms with Gasteiger partial charge in [0.2, 0.25) is 0 Å². The van der Waals surface area contributed by atoms with E-state index in [1.54, 1.807) is 36.4 Å². The number of aryl methyl sites for hydroxylation is 2. The summed E-state index contributed by atoms with van der Waals surface area (Å²) < 4.78 is 16.4. The minimum Gasteiger partial charge on any atom is -0.483 e. The Balaban J connectivity index is 1.32. The van der Waals surface area contributed by atoms with Crippen molar-refractivity contribution >= 4 is 57.3 Å². The molecule has 1 atom stereocenters. The number of hydrogen-bond acceptors (Lipinski definition) is 7. The molecule has 0 bridgehead atoms. The summed E-state index contributed by atoms with van der Waals surface area (Å²) >= 11 is 13.4. The normalized spacial score (nSPS) is 14.1. The van der Waals surface area contributed by atoms with Crippen molar-refractivity contribution in [1.29, 1.82) is 0 Å². The molecular formula is C30H32Cl2N2O6S. The lowest BCUT2D eigenvalue weighted by Gasteiger charge is -2.18. The average molecular weight is 620 g/mol. The molecule has 1 heterocycles. The number of nitrogens with one attached hydrogen (secondary N) is 2. The van der Waals surface area contributed by atoms with Crippen LogP contribution in [0, 0.1) is 19.8 Å². The maximum absolute atomic E-state index is 13.3. The van der Waals surface area contributed by atoms with E-state index in [2.05, 4.69) is 17.6 Å². The third-order valence-corrected chi connectivity index (χ3v) is 8.26. The van der Waals surface area contributed by atoms with E-state index in [9.17, 15) is 14.4 Å². The number of fused-ring (bicyclic) bond motifs is 1. The number of esters is 1. The number of benzene rings is 2. The maximum atomic E-state index is 13.3. The van der Waals surface area contributed by atoms with Gasteiger partial charge in [-0.3, -0.25) is 9.59 Å².